The standard InChI is InChI=1S/C15H19FIN5O2/c1-15(5-6-15)4-3-7-22-9-8(13(23)21(2)14(22)24)19-12(10(16)17)20-11(9)18/h10H,3-7H2,1-2H3,(H2,18,19,20). The molecule has 24 heavy (non-hydrogen) atoms. The van der Waals surface area contributed by atoms with Crippen molar-refractivity contribution in [2.75, 3.05) is 5.73 Å². The Balaban J connectivity index is 2.12. The van der Waals surface area contributed by atoms with Crippen LogP contribution in [0.3, 0.4) is 0 Å². The lowest BCUT2D eigenvalue weighted by Gasteiger charge is -2.15. The van der Waals surface area contributed by atoms with Crippen LogP contribution in [0.4, 0.5) is 10.2 Å². The summed E-state index contributed by atoms with van der Waals surface area (Å²) >= 11 is 1.51. The summed E-state index contributed by atoms with van der Waals surface area (Å²) in [6.45, 7) is 2.65. The summed E-state index contributed by atoms with van der Waals surface area (Å²) in [6, 6.07) is 0. The molecule has 1 aliphatic carbocycles. The van der Waals surface area contributed by atoms with Crippen molar-refractivity contribution in [2.45, 2.75) is 43.3 Å². The SMILES string of the molecule is Cn1c(=O)c2nc(C(F)I)nc(N)c2n(CCCC2(C)CC2)c1=O. The van der Waals surface area contributed by atoms with Crippen LogP contribution in [0.15, 0.2) is 9.59 Å². The molecule has 9 heteroatoms. The van der Waals surface area contributed by atoms with Gasteiger partial charge in [0.25, 0.3) is 5.56 Å². The Morgan fingerprint density at radius 3 is 2.62 bits per heavy atom. The molecular weight excluding hydrogens is 428 g/mol. The van der Waals surface area contributed by atoms with Gasteiger partial charge in [0.15, 0.2) is 17.2 Å². The molecule has 1 unspecified atom stereocenters. The number of nitrogen functional groups attached to an aromatic ring is 1. The first kappa shape index (κ1) is 17.3. The summed E-state index contributed by atoms with van der Waals surface area (Å²) in [5, 5.41) is 0. The third-order valence-corrected chi connectivity index (χ3v) is 5.24. The summed E-state index contributed by atoms with van der Waals surface area (Å²) in [5.41, 5.74) is 5.43. The van der Waals surface area contributed by atoms with Crippen LogP contribution in [0.2, 0.25) is 0 Å². The van der Waals surface area contributed by atoms with Crippen molar-refractivity contribution in [1.82, 2.24) is 19.1 Å². The third kappa shape index (κ3) is 3.05. The molecule has 0 spiro atoms. The Morgan fingerprint density at radius 1 is 1.38 bits per heavy atom. The lowest BCUT2D eigenvalue weighted by atomic mass is 10.0. The molecule has 0 aromatic carbocycles. The van der Waals surface area contributed by atoms with Gasteiger partial charge in [0.05, 0.1) is 0 Å². The quantitative estimate of drug-likeness (QED) is 0.559. The molecule has 1 atom stereocenters. The molecule has 1 saturated carbocycles. The normalized spacial score (nSPS) is 17.2. The predicted molar refractivity (Wildman–Crippen MR) is 97.9 cm³/mol. The zero-order chi connectivity index (χ0) is 17.6. The molecule has 2 heterocycles. The monoisotopic (exact) mass is 447 g/mol. The van der Waals surface area contributed by atoms with Crippen LogP contribution in [-0.4, -0.2) is 19.1 Å². The van der Waals surface area contributed by atoms with Gasteiger partial charge in [-0.3, -0.25) is 13.9 Å². The molecule has 1 fully saturated rings. The number of aryl methyl sites for hydroxylation is 1. The largest absolute Gasteiger partial charge is 0.382 e. The Labute approximate surface area is 151 Å². The number of nitrogens with zero attached hydrogens (tertiary/aromatic N) is 4. The van der Waals surface area contributed by atoms with Gasteiger partial charge in [-0.15, -0.1) is 0 Å². The smallest absolute Gasteiger partial charge is 0.331 e. The number of fused-ring (bicyclic) bond motifs is 1. The Morgan fingerprint density at radius 2 is 2.04 bits per heavy atom. The average molecular weight is 447 g/mol. The number of rotatable bonds is 5. The molecule has 3 rings (SSSR count). The fourth-order valence-electron chi connectivity index (χ4n) is 2.86. The van der Waals surface area contributed by atoms with Crippen molar-refractivity contribution in [3.8, 4) is 0 Å². The predicted octanol–water partition coefficient (Wildman–Crippen LogP) is 2.06. The molecule has 0 amide bonds. The van der Waals surface area contributed by atoms with Crippen molar-refractivity contribution in [3.05, 3.63) is 26.7 Å². The first-order valence-electron chi connectivity index (χ1n) is 7.78. The molecule has 1 aliphatic rings. The second kappa shape index (κ2) is 6.08. The summed E-state index contributed by atoms with van der Waals surface area (Å²) in [5.74, 6) is -0.199. The molecule has 0 radical (unpaired) electrons. The maximum atomic E-state index is 13.5. The van der Waals surface area contributed by atoms with E-state index in [4.69, 9.17) is 5.73 Å². The van der Waals surface area contributed by atoms with Gasteiger partial charge >= 0.3 is 5.69 Å². The summed E-state index contributed by atoms with van der Waals surface area (Å²) < 4.78 is 14.5. The minimum Gasteiger partial charge on any atom is -0.382 e. The lowest BCUT2D eigenvalue weighted by molar-refractivity contribution is 0.458. The van der Waals surface area contributed by atoms with Crippen LogP contribution < -0.4 is 17.0 Å². The molecular formula is C15H19FIN5O2. The maximum Gasteiger partial charge on any atom is 0.331 e. The van der Waals surface area contributed by atoms with Crippen LogP contribution in [0, 0.1) is 5.41 Å². The van der Waals surface area contributed by atoms with E-state index in [9.17, 15) is 14.0 Å². The molecule has 7 nitrogen and oxygen atoms in total. The van der Waals surface area contributed by atoms with E-state index < -0.39 is 15.4 Å². The van der Waals surface area contributed by atoms with Crippen molar-refractivity contribution in [1.29, 1.82) is 0 Å². The van der Waals surface area contributed by atoms with Crippen LogP contribution in [0.5, 0.6) is 0 Å². The topological polar surface area (TPSA) is 95.8 Å². The van der Waals surface area contributed by atoms with E-state index in [-0.39, 0.29) is 22.7 Å². The van der Waals surface area contributed by atoms with Crippen molar-refractivity contribution >= 4 is 39.4 Å². The van der Waals surface area contributed by atoms with Crippen molar-refractivity contribution in [3.63, 3.8) is 0 Å². The molecule has 2 aromatic heterocycles. The first-order valence-corrected chi connectivity index (χ1v) is 9.03. The Bertz CT molecular complexity index is 917. The maximum absolute atomic E-state index is 13.5. The van der Waals surface area contributed by atoms with Crippen LogP contribution in [0.25, 0.3) is 11.0 Å². The van der Waals surface area contributed by atoms with Gasteiger partial charge in [-0.2, -0.15) is 0 Å². The number of halogens is 2. The summed E-state index contributed by atoms with van der Waals surface area (Å²) in [6.07, 6.45) is 4.21. The van der Waals surface area contributed by atoms with E-state index in [1.165, 1.54) is 47.0 Å². The number of nitrogens with two attached hydrogens (primary N) is 1. The van der Waals surface area contributed by atoms with Crippen LogP contribution in [0.1, 0.15) is 42.6 Å². The molecule has 0 bridgehead atoms. The van der Waals surface area contributed by atoms with Crippen LogP contribution in [-0.2, 0) is 13.6 Å². The molecule has 0 saturated heterocycles. The zero-order valence-corrected chi connectivity index (χ0v) is 15.7. The fraction of sp³-hybridized carbons (Fsp3) is 0.600. The van der Waals surface area contributed by atoms with Gasteiger partial charge in [-0.25, -0.2) is 19.2 Å². The fourth-order valence-corrected chi connectivity index (χ4v) is 3.14. The van der Waals surface area contributed by atoms with Gasteiger partial charge in [-0.05, 0) is 53.7 Å². The highest BCUT2D eigenvalue weighted by molar-refractivity contribution is 14.1. The lowest BCUT2D eigenvalue weighted by Crippen LogP contribution is -2.39. The minimum absolute atomic E-state index is 0.0171. The molecule has 2 aromatic rings. The van der Waals surface area contributed by atoms with Gasteiger partial charge in [0, 0.05) is 13.6 Å². The van der Waals surface area contributed by atoms with Gasteiger partial charge in [-0.1, -0.05) is 6.92 Å². The van der Waals surface area contributed by atoms with E-state index in [1.54, 1.807) is 0 Å². The summed E-state index contributed by atoms with van der Waals surface area (Å²) in [4.78, 5) is 32.8. The second-order valence-corrected chi connectivity index (χ2v) is 7.77. The van der Waals surface area contributed by atoms with Gasteiger partial charge in [0.1, 0.15) is 5.52 Å². The summed E-state index contributed by atoms with van der Waals surface area (Å²) in [7, 11) is 1.39. The highest BCUT2D eigenvalue weighted by Crippen LogP contribution is 2.48. The Hall–Kier alpha value is -1.52. The van der Waals surface area contributed by atoms with Gasteiger partial charge < -0.3 is 5.73 Å². The van der Waals surface area contributed by atoms with E-state index in [1.807, 2.05) is 0 Å². The van der Waals surface area contributed by atoms with E-state index in [2.05, 4.69) is 16.9 Å². The highest BCUT2D eigenvalue weighted by atomic mass is 127. The van der Waals surface area contributed by atoms with Crippen molar-refractivity contribution < 1.29 is 4.39 Å². The first-order chi connectivity index (χ1) is 11.2. The third-order valence-electron chi connectivity index (χ3n) is 4.68. The van der Waals surface area contributed by atoms with Crippen LogP contribution >= 0.6 is 22.6 Å². The molecule has 2 N–H and O–H groups in total. The number of hydrogen-bond donors (Lipinski definition) is 1. The number of aromatic nitrogens is 4. The number of anilines is 1. The average Bonchev–Trinajstić information content (AvgIpc) is 3.26. The minimum atomic E-state index is -1.48. The number of hydrogen-bond acceptors (Lipinski definition) is 5. The Kier molecular flexibility index (Phi) is 4.39. The van der Waals surface area contributed by atoms with E-state index in [0.717, 1.165) is 17.4 Å². The van der Waals surface area contributed by atoms with E-state index >= 15 is 0 Å². The van der Waals surface area contributed by atoms with Crippen molar-refractivity contribution in [2.24, 2.45) is 12.5 Å². The van der Waals surface area contributed by atoms with Gasteiger partial charge in [0.2, 0.25) is 4.18 Å². The molecule has 130 valence electrons. The zero-order valence-electron chi connectivity index (χ0n) is 13.6. The molecule has 0 aliphatic heterocycles. The second-order valence-electron chi connectivity index (χ2n) is 6.68. The van der Waals surface area contributed by atoms with E-state index in [0.29, 0.717) is 12.0 Å². The highest BCUT2D eigenvalue weighted by Gasteiger charge is 2.36. The number of alkyl halides is 2.